The summed E-state index contributed by atoms with van der Waals surface area (Å²) in [4.78, 5) is 6.57. The summed E-state index contributed by atoms with van der Waals surface area (Å²) in [6.45, 7) is 4.40. The van der Waals surface area contributed by atoms with Crippen LogP contribution in [0.1, 0.15) is 35.8 Å². The topological polar surface area (TPSA) is 41.3 Å². The van der Waals surface area contributed by atoms with Gasteiger partial charge in [-0.3, -0.25) is 4.90 Å². The molecule has 2 aliphatic rings. The molecule has 7 heteroatoms. The minimum absolute atomic E-state index is 0.0553. The van der Waals surface area contributed by atoms with Gasteiger partial charge in [0, 0.05) is 32.0 Å². The van der Waals surface area contributed by atoms with Crippen LogP contribution in [0.3, 0.4) is 0 Å². The number of benzene rings is 1. The van der Waals surface area contributed by atoms with Gasteiger partial charge >= 0.3 is 6.18 Å². The van der Waals surface area contributed by atoms with E-state index in [-0.39, 0.29) is 12.1 Å². The minimum Gasteiger partial charge on any atom is -0.391 e. The van der Waals surface area contributed by atoms with Crippen LogP contribution in [0, 0.1) is 18.8 Å². The number of aryl methyl sites for hydroxylation is 1. The molecule has 2 aromatic rings. The Morgan fingerprint density at radius 1 is 1.11 bits per heavy atom. The lowest BCUT2D eigenvalue weighted by Gasteiger charge is -2.36. The van der Waals surface area contributed by atoms with Crippen LogP contribution in [-0.4, -0.2) is 38.8 Å². The van der Waals surface area contributed by atoms with Crippen LogP contribution in [0.2, 0.25) is 0 Å². The van der Waals surface area contributed by atoms with Gasteiger partial charge in [0.2, 0.25) is 0 Å². The van der Waals surface area contributed by atoms with Crippen molar-refractivity contribution in [3.63, 3.8) is 0 Å². The molecule has 1 saturated carbocycles. The van der Waals surface area contributed by atoms with Crippen molar-refractivity contribution in [1.29, 1.82) is 0 Å². The number of imidazole rings is 1. The Morgan fingerprint density at radius 3 is 2.37 bits per heavy atom. The maximum atomic E-state index is 12.7. The summed E-state index contributed by atoms with van der Waals surface area (Å²) in [6, 6.07) is 5.49. The number of alkyl halides is 3. The number of likely N-dealkylation sites (tertiary alicyclic amines) is 1. The third-order valence-corrected chi connectivity index (χ3v) is 6.09. The molecule has 1 aromatic heterocycles. The second kappa shape index (κ2) is 6.95. The normalized spacial score (nSPS) is 29.1. The van der Waals surface area contributed by atoms with Crippen molar-refractivity contribution >= 4 is 0 Å². The van der Waals surface area contributed by atoms with Crippen molar-refractivity contribution < 1.29 is 18.3 Å². The molecule has 0 spiro atoms. The Kier molecular flexibility index (Phi) is 4.76. The zero-order valence-electron chi connectivity index (χ0n) is 15.2. The van der Waals surface area contributed by atoms with Crippen molar-refractivity contribution in [3.8, 4) is 0 Å². The summed E-state index contributed by atoms with van der Waals surface area (Å²) in [7, 11) is 0. The molecule has 1 saturated heterocycles. The molecule has 4 atom stereocenters. The molecule has 0 radical (unpaired) electrons. The zero-order chi connectivity index (χ0) is 19.2. The van der Waals surface area contributed by atoms with E-state index in [1.54, 1.807) is 18.3 Å². The lowest BCUT2D eigenvalue weighted by atomic mass is 9.77. The SMILES string of the molecule is Cc1nccn1[C@H]1C[C@H]2CN(Cc3ccc(C(F)(F)F)cc3)C[C@H]2C[C@@H]1O. The zero-order valence-corrected chi connectivity index (χ0v) is 15.2. The maximum Gasteiger partial charge on any atom is 0.416 e. The van der Waals surface area contributed by atoms with Gasteiger partial charge in [0.05, 0.1) is 17.7 Å². The molecule has 1 aliphatic carbocycles. The van der Waals surface area contributed by atoms with Crippen molar-refractivity contribution in [1.82, 2.24) is 14.5 Å². The van der Waals surface area contributed by atoms with Crippen LogP contribution in [0.4, 0.5) is 13.2 Å². The maximum absolute atomic E-state index is 12.7. The fourth-order valence-corrected chi connectivity index (χ4v) is 4.73. The molecule has 0 amide bonds. The molecule has 2 heterocycles. The van der Waals surface area contributed by atoms with Crippen molar-refractivity contribution in [2.75, 3.05) is 13.1 Å². The number of aliphatic hydroxyl groups excluding tert-OH is 1. The number of fused-ring (bicyclic) bond motifs is 1. The summed E-state index contributed by atoms with van der Waals surface area (Å²) >= 11 is 0. The molecule has 0 bridgehead atoms. The standard InChI is InChI=1S/C20H24F3N3O/c1-13-24-6-7-26(13)18-8-15-11-25(12-16(15)9-19(18)27)10-14-2-4-17(5-3-14)20(21,22)23/h2-7,15-16,18-19,27H,8-12H2,1H3/t15-,16+,18-,19-/m0/s1. The Labute approximate surface area is 156 Å². The lowest BCUT2D eigenvalue weighted by molar-refractivity contribution is -0.137. The van der Waals surface area contributed by atoms with Crippen molar-refractivity contribution in [2.45, 2.75) is 44.6 Å². The van der Waals surface area contributed by atoms with E-state index < -0.39 is 11.7 Å². The molecular formula is C20H24F3N3O. The van der Waals surface area contributed by atoms with Crippen LogP contribution in [0.5, 0.6) is 0 Å². The third kappa shape index (κ3) is 3.75. The number of nitrogens with zero attached hydrogens (tertiary/aromatic N) is 3. The quantitative estimate of drug-likeness (QED) is 0.885. The van der Waals surface area contributed by atoms with Crippen molar-refractivity contribution in [2.24, 2.45) is 11.8 Å². The summed E-state index contributed by atoms with van der Waals surface area (Å²) in [5, 5.41) is 10.6. The van der Waals surface area contributed by atoms with Gasteiger partial charge in [0.15, 0.2) is 0 Å². The fourth-order valence-electron chi connectivity index (χ4n) is 4.73. The Hall–Kier alpha value is -1.86. The van der Waals surface area contributed by atoms with Gasteiger partial charge < -0.3 is 9.67 Å². The van der Waals surface area contributed by atoms with E-state index in [1.165, 1.54) is 0 Å². The summed E-state index contributed by atoms with van der Waals surface area (Å²) in [5.41, 5.74) is 0.284. The minimum atomic E-state index is -4.29. The van der Waals surface area contributed by atoms with Crippen LogP contribution >= 0.6 is 0 Å². The first kappa shape index (κ1) is 18.5. The van der Waals surface area contributed by atoms with E-state index in [0.717, 1.165) is 49.5 Å². The molecule has 27 heavy (non-hydrogen) atoms. The summed E-state index contributed by atoms with van der Waals surface area (Å²) < 4.78 is 40.2. The Morgan fingerprint density at radius 2 is 1.78 bits per heavy atom. The molecule has 0 unspecified atom stereocenters. The Bertz CT molecular complexity index is 787. The predicted octanol–water partition coefficient (Wildman–Crippen LogP) is 3.65. The van der Waals surface area contributed by atoms with E-state index in [9.17, 15) is 18.3 Å². The van der Waals surface area contributed by atoms with E-state index in [2.05, 4.69) is 14.5 Å². The van der Waals surface area contributed by atoms with Crippen LogP contribution in [-0.2, 0) is 12.7 Å². The van der Waals surface area contributed by atoms with Gasteiger partial charge in [-0.25, -0.2) is 4.98 Å². The molecule has 1 N–H and O–H groups in total. The second-order valence-corrected chi connectivity index (χ2v) is 7.90. The van der Waals surface area contributed by atoms with Crippen LogP contribution < -0.4 is 0 Å². The Balaban J connectivity index is 1.40. The van der Waals surface area contributed by atoms with Gasteiger partial charge in [-0.05, 0) is 49.3 Å². The van der Waals surface area contributed by atoms with Crippen LogP contribution in [0.25, 0.3) is 0 Å². The van der Waals surface area contributed by atoms with Gasteiger partial charge in [-0.2, -0.15) is 13.2 Å². The number of halogens is 3. The molecule has 1 aromatic carbocycles. The monoisotopic (exact) mass is 379 g/mol. The van der Waals surface area contributed by atoms with E-state index in [4.69, 9.17) is 0 Å². The van der Waals surface area contributed by atoms with Crippen LogP contribution in [0.15, 0.2) is 36.7 Å². The van der Waals surface area contributed by atoms with Crippen molar-refractivity contribution in [3.05, 3.63) is 53.6 Å². The molecule has 2 fully saturated rings. The van der Waals surface area contributed by atoms with E-state index in [0.29, 0.717) is 18.4 Å². The lowest BCUT2D eigenvalue weighted by Crippen LogP contribution is -2.36. The molecule has 1 aliphatic heterocycles. The molecule has 4 nitrogen and oxygen atoms in total. The average Bonchev–Trinajstić information content (AvgIpc) is 3.19. The first-order chi connectivity index (χ1) is 12.8. The van der Waals surface area contributed by atoms with Gasteiger partial charge in [-0.1, -0.05) is 12.1 Å². The predicted molar refractivity (Wildman–Crippen MR) is 94.9 cm³/mol. The van der Waals surface area contributed by atoms with Gasteiger partial charge in [0.25, 0.3) is 0 Å². The largest absolute Gasteiger partial charge is 0.416 e. The smallest absolute Gasteiger partial charge is 0.391 e. The second-order valence-electron chi connectivity index (χ2n) is 7.90. The highest BCUT2D eigenvalue weighted by molar-refractivity contribution is 5.24. The highest BCUT2D eigenvalue weighted by atomic mass is 19.4. The van der Waals surface area contributed by atoms with Gasteiger partial charge in [0.1, 0.15) is 5.82 Å². The summed E-state index contributed by atoms with van der Waals surface area (Å²) in [6.07, 6.45) is 0.684. The van der Waals surface area contributed by atoms with Gasteiger partial charge in [-0.15, -0.1) is 0 Å². The summed E-state index contributed by atoms with van der Waals surface area (Å²) in [5.74, 6) is 1.85. The van der Waals surface area contributed by atoms with E-state index >= 15 is 0 Å². The molecular weight excluding hydrogens is 355 g/mol. The number of hydrogen-bond donors (Lipinski definition) is 1. The number of aromatic nitrogens is 2. The molecule has 146 valence electrons. The highest BCUT2D eigenvalue weighted by Gasteiger charge is 2.42. The first-order valence-electron chi connectivity index (χ1n) is 9.37. The number of aliphatic hydroxyl groups is 1. The molecule has 4 rings (SSSR count). The highest BCUT2D eigenvalue weighted by Crippen LogP contribution is 2.42. The number of rotatable bonds is 3. The van der Waals surface area contributed by atoms with E-state index in [1.807, 2.05) is 13.1 Å². The first-order valence-corrected chi connectivity index (χ1v) is 9.37. The number of hydrogen-bond acceptors (Lipinski definition) is 3. The fraction of sp³-hybridized carbons (Fsp3) is 0.550. The third-order valence-electron chi connectivity index (χ3n) is 6.09. The average molecular weight is 379 g/mol.